The fourth-order valence-corrected chi connectivity index (χ4v) is 2.22. The van der Waals surface area contributed by atoms with Crippen LogP contribution in [0.4, 0.5) is 5.82 Å². The summed E-state index contributed by atoms with van der Waals surface area (Å²) in [4.78, 5) is 16.2. The van der Waals surface area contributed by atoms with E-state index in [1.54, 1.807) is 18.3 Å². The van der Waals surface area contributed by atoms with Crippen LogP contribution in [0.15, 0.2) is 47.2 Å². The maximum Gasteiger partial charge on any atom is 0.259 e. The van der Waals surface area contributed by atoms with E-state index in [1.807, 2.05) is 24.3 Å². The summed E-state index contributed by atoms with van der Waals surface area (Å²) in [5, 5.41) is 10.6. The molecule has 0 radical (unpaired) electrons. The summed E-state index contributed by atoms with van der Waals surface area (Å²) in [6.07, 6.45) is 1.62. The number of halogens is 1. The quantitative estimate of drug-likeness (QED) is 0.714. The van der Waals surface area contributed by atoms with Crippen LogP contribution in [0.5, 0.6) is 0 Å². The Balaban J connectivity index is 1.94. The van der Waals surface area contributed by atoms with Gasteiger partial charge in [-0.2, -0.15) is 5.10 Å². The molecule has 2 aromatic heterocycles. The van der Waals surface area contributed by atoms with Gasteiger partial charge < -0.3 is 5.32 Å². The molecule has 0 aliphatic rings. The molecule has 3 aromatic rings. The number of anilines is 1. The Morgan fingerprint density at radius 1 is 1.21 bits per heavy atom. The third kappa shape index (κ3) is 2.22. The van der Waals surface area contributed by atoms with Crippen LogP contribution in [-0.2, 0) is 0 Å². The van der Waals surface area contributed by atoms with Crippen molar-refractivity contribution in [1.82, 2.24) is 15.2 Å². The molecule has 0 saturated heterocycles. The number of nitrogens with one attached hydrogen (secondary N) is 2. The molecular formula is C13H9BrN4O. The van der Waals surface area contributed by atoms with Crippen molar-refractivity contribution < 1.29 is 4.79 Å². The maximum absolute atomic E-state index is 12.1. The number of nitrogens with zero attached hydrogens (tertiary/aromatic N) is 2. The first-order valence-electron chi connectivity index (χ1n) is 5.60. The molecule has 1 amide bonds. The van der Waals surface area contributed by atoms with Crippen LogP contribution in [-0.4, -0.2) is 21.1 Å². The van der Waals surface area contributed by atoms with E-state index in [9.17, 15) is 4.79 Å². The van der Waals surface area contributed by atoms with Crippen LogP contribution in [0.3, 0.4) is 0 Å². The highest BCUT2D eigenvalue weighted by molar-refractivity contribution is 9.10. The third-order valence-corrected chi connectivity index (χ3v) is 3.34. The van der Waals surface area contributed by atoms with Crippen LogP contribution in [0.1, 0.15) is 10.4 Å². The molecule has 0 fully saturated rings. The fraction of sp³-hybridized carbons (Fsp3) is 0. The van der Waals surface area contributed by atoms with Gasteiger partial charge in [0.1, 0.15) is 4.60 Å². The first-order chi connectivity index (χ1) is 9.25. The van der Waals surface area contributed by atoms with Crippen LogP contribution < -0.4 is 5.32 Å². The average molecular weight is 317 g/mol. The largest absolute Gasteiger partial charge is 0.304 e. The Morgan fingerprint density at radius 2 is 2.05 bits per heavy atom. The van der Waals surface area contributed by atoms with Crippen molar-refractivity contribution in [2.24, 2.45) is 0 Å². The van der Waals surface area contributed by atoms with E-state index in [0.29, 0.717) is 16.0 Å². The highest BCUT2D eigenvalue weighted by atomic mass is 79.9. The maximum atomic E-state index is 12.1. The van der Waals surface area contributed by atoms with Gasteiger partial charge in [0.25, 0.3) is 5.91 Å². The number of aromatic nitrogens is 3. The second-order valence-corrected chi connectivity index (χ2v) is 4.66. The molecule has 0 unspecified atom stereocenters. The van der Waals surface area contributed by atoms with Crippen molar-refractivity contribution in [3.63, 3.8) is 0 Å². The van der Waals surface area contributed by atoms with Crippen molar-refractivity contribution >= 4 is 38.6 Å². The lowest BCUT2D eigenvalue weighted by Gasteiger charge is -2.03. The Labute approximate surface area is 117 Å². The third-order valence-electron chi connectivity index (χ3n) is 2.71. The number of H-pyrrole nitrogens is 1. The second-order valence-electron chi connectivity index (χ2n) is 3.91. The monoisotopic (exact) mass is 316 g/mol. The minimum atomic E-state index is -0.253. The first kappa shape index (κ1) is 11.9. The number of amides is 1. The van der Waals surface area contributed by atoms with Crippen LogP contribution in [0.25, 0.3) is 10.9 Å². The molecule has 19 heavy (non-hydrogen) atoms. The number of carbonyl (C=O) groups excluding carboxylic acids is 1. The lowest BCUT2D eigenvalue weighted by molar-refractivity contribution is 0.102. The fourth-order valence-electron chi connectivity index (χ4n) is 1.79. The molecule has 0 aliphatic heterocycles. The van der Waals surface area contributed by atoms with E-state index in [-0.39, 0.29) is 5.91 Å². The summed E-state index contributed by atoms with van der Waals surface area (Å²) in [5.41, 5.74) is 1.35. The number of fused-ring (bicyclic) bond motifs is 1. The summed E-state index contributed by atoms with van der Waals surface area (Å²) in [7, 11) is 0. The highest BCUT2D eigenvalue weighted by Gasteiger charge is 2.13. The van der Waals surface area contributed by atoms with E-state index >= 15 is 0 Å². The van der Waals surface area contributed by atoms with E-state index in [0.717, 1.165) is 10.9 Å². The second kappa shape index (κ2) is 4.81. The van der Waals surface area contributed by atoms with Gasteiger partial charge in [0.15, 0.2) is 5.82 Å². The highest BCUT2D eigenvalue weighted by Crippen LogP contribution is 2.21. The van der Waals surface area contributed by atoms with Gasteiger partial charge in [-0.1, -0.05) is 12.1 Å². The van der Waals surface area contributed by atoms with E-state index < -0.39 is 0 Å². The Hall–Kier alpha value is -2.21. The molecule has 0 saturated carbocycles. The number of benzene rings is 1. The first-order valence-corrected chi connectivity index (χ1v) is 6.40. The minimum absolute atomic E-state index is 0.253. The molecule has 0 aliphatic carbocycles. The Kier molecular flexibility index (Phi) is 3.00. The van der Waals surface area contributed by atoms with Crippen molar-refractivity contribution in [3.05, 3.63) is 52.8 Å². The molecule has 2 heterocycles. The van der Waals surface area contributed by atoms with Crippen LogP contribution >= 0.6 is 15.9 Å². The van der Waals surface area contributed by atoms with E-state index in [2.05, 4.69) is 36.4 Å². The zero-order valence-corrected chi connectivity index (χ0v) is 11.3. The molecule has 0 atom stereocenters. The Morgan fingerprint density at radius 3 is 2.89 bits per heavy atom. The predicted octanol–water partition coefficient (Wildman–Crippen LogP) is 2.97. The minimum Gasteiger partial charge on any atom is -0.304 e. The lowest BCUT2D eigenvalue weighted by atomic mass is 10.2. The predicted molar refractivity (Wildman–Crippen MR) is 76.0 cm³/mol. The summed E-state index contributed by atoms with van der Waals surface area (Å²) < 4.78 is 0.507. The van der Waals surface area contributed by atoms with Crippen LogP contribution in [0, 0.1) is 0 Å². The smallest absolute Gasteiger partial charge is 0.259 e. The van der Waals surface area contributed by atoms with Crippen molar-refractivity contribution in [2.45, 2.75) is 0 Å². The molecular weight excluding hydrogens is 308 g/mol. The van der Waals surface area contributed by atoms with Gasteiger partial charge in [0, 0.05) is 11.6 Å². The number of aromatic amines is 1. The van der Waals surface area contributed by atoms with Gasteiger partial charge in [-0.05, 0) is 40.2 Å². The standard InChI is InChI=1S/C13H9BrN4O/c14-11-9(5-3-7-15-11)13(19)16-12-8-4-1-2-6-10(8)17-18-12/h1-7H,(H2,16,17,18,19). The van der Waals surface area contributed by atoms with Gasteiger partial charge in [-0.15, -0.1) is 0 Å². The molecule has 0 spiro atoms. The molecule has 1 aromatic carbocycles. The van der Waals surface area contributed by atoms with Crippen molar-refractivity contribution in [1.29, 1.82) is 0 Å². The molecule has 2 N–H and O–H groups in total. The van der Waals surface area contributed by atoms with E-state index in [1.165, 1.54) is 0 Å². The lowest BCUT2D eigenvalue weighted by Crippen LogP contribution is -2.13. The average Bonchev–Trinajstić information content (AvgIpc) is 2.83. The zero-order valence-electron chi connectivity index (χ0n) is 9.72. The molecule has 94 valence electrons. The van der Waals surface area contributed by atoms with Gasteiger partial charge in [-0.25, -0.2) is 4.98 Å². The number of rotatable bonds is 2. The topological polar surface area (TPSA) is 70.7 Å². The summed E-state index contributed by atoms with van der Waals surface area (Å²) in [5.74, 6) is 0.258. The number of pyridine rings is 1. The number of hydrogen-bond donors (Lipinski definition) is 2. The number of hydrogen-bond acceptors (Lipinski definition) is 3. The number of para-hydroxylation sites is 1. The molecule has 6 heteroatoms. The van der Waals surface area contributed by atoms with Gasteiger partial charge in [0.05, 0.1) is 11.1 Å². The summed E-state index contributed by atoms with van der Waals surface area (Å²) in [6.45, 7) is 0. The zero-order chi connectivity index (χ0) is 13.2. The molecule has 0 bridgehead atoms. The van der Waals surface area contributed by atoms with Crippen molar-refractivity contribution in [3.8, 4) is 0 Å². The molecule has 3 rings (SSSR count). The van der Waals surface area contributed by atoms with Crippen LogP contribution in [0.2, 0.25) is 0 Å². The Bertz CT molecular complexity index is 753. The van der Waals surface area contributed by atoms with Gasteiger partial charge in [0.2, 0.25) is 0 Å². The number of carbonyl (C=O) groups is 1. The van der Waals surface area contributed by atoms with Crippen molar-refractivity contribution in [2.75, 3.05) is 5.32 Å². The summed E-state index contributed by atoms with van der Waals surface area (Å²) >= 11 is 3.25. The molecule has 5 nitrogen and oxygen atoms in total. The SMILES string of the molecule is O=C(Nc1n[nH]c2ccccc12)c1cccnc1Br. The normalized spacial score (nSPS) is 10.6. The van der Waals surface area contributed by atoms with Gasteiger partial charge in [-0.3, -0.25) is 9.89 Å². The van der Waals surface area contributed by atoms with Gasteiger partial charge >= 0.3 is 0 Å². The summed E-state index contributed by atoms with van der Waals surface area (Å²) in [6, 6.07) is 11.0. The van der Waals surface area contributed by atoms with E-state index in [4.69, 9.17) is 0 Å².